The average molecular weight is 308 g/mol. The zero-order valence-corrected chi connectivity index (χ0v) is 12.9. The van der Waals surface area contributed by atoms with Gasteiger partial charge in [0.25, 0.3) is 0 Å². The molecule has 21 heavy (non-hydrogen) atoms. The molecule has 1 fully saturated rings. The van der Waals surface area contributed by atoms with Crippen molar-refractivity contribution in [1.29, 1.82) is 0 Å². The van der Waals surface area contributed by atoms with Gasteiger partial charge in [-0.05, 0) is 6.92 Å². The van der Waals surface area contributed by atoms with Crippen molar-refractivity contribution in [3.05, 3.63) is 23.5 Å². The van der Waals surface area contributed by atoms with E-state index in [4.69, 9.17) is 4.74 Å². The Morgan fingerprint density at radius 3 is 3.10 bits per heavy atom. The predicted molar refractivity (Wildman–Crippen MR) is 81.6 cm³/mol. The van der Waals surface area contributed by atoms with Gasteiger partial charge in [-0.1, -0.05) is 0 Å². The summed E-state index contributed by atoms with van der Waals surface area (Å²) in [4.78, 5) is 19.7. The molecule has 6 nitrogen and oxygen atoms in total. The molecule has 1 N–H and O–H groups in total. The zero-order valence-electron chi connectivity index (χ0n) is 12.1. The van der Waals surface area contributed by atoms with E-state index in [2.05, 4.69) is 15.2 Å². The van der Waals surface area contributed by atoms with Gasteiger partial charge in [0.2, 0.25) is 5.91 Å². The van der Waals surface area contributed by atoms with E-state index in [1.807, 2.05) is 29.1 Å². The van der Waals surface area contributed by atoms with Gasteiger partial charge in [0.1, 0.15) is 0 Å². The minimum absolute atomic E-state index is 0.0292. The van der Waals surface area contributed by atoms with Crippen LogP contribution in [0.3, 0.4) is 0 Å². The Balaban J connectivity index is 1.47. The van der Waals surface area contributed by atoms with Gasteiger partial charge in [-0.25, -0.2) is 4.98 Å². The quantitative estimate of drug-likeness (QED) is 0.886. The van der Waals surface area contributed by atoms with E-state index >= 15 is 0 Å². The number of amides is 1. The van der Waals surface area contributed by atoms with Crippen molar-refractivity contribution >= 4 is 22.2 Å². The Kier molecular flexibility index (Phi) is 4.52. The first kappa shape index (κ1) is 14.5. The van der Waals surface area contributed by atoms with Crippen molar-refractivity contribution in [2.24, 2.45) is 0 Å². The molecule has 0 aliphatic carbocycles. The lowest BCUT2D eigenvalue weighted by Gasteiger charge is -2.29. The van der Waals surface area contributed by atoms with E-state index in [0.29, 0.717) is 6.42 Å². The second kappa shape index (κ2) is 6.55. The molecule has 1 saturated heterocycles. The number of fused-ring (bicyclic) bond motifs is 1. The summed E-state index contributed by atoms with van der Waals surface area (Å²) in [6, 6.07) is 0.138. The minimum atomic E-state index is 0.0292. The molecule has 1 amide bonds. The van der Waals surface area contributed by atoms with Crippen molar-refractivity contribution in [1.82, 2.24) is 19.6 Å². The van der Waals surface area contributed by atoms with Crippen molar-refractivity contribution in [2.45, 2.75) is 19.4 Å². The molecule has 3 rings (SSSR count). The Bertz CT molecular complexity index is 574. The van der Waals surface area contributed by atoms with Gasteiger partial charge in [0.05, 0.1) is 25.3 Å². The number of thiazole rings is 1. The van der Waals surface area contributed by atoms with Gasteiger partial charge in [0.15, 0.2) is 4.96 Å². The van der Waals surface area contributed by atoms with Crippen LogP contribution in [0.25, 0.3) is 4.96 Å². The summed E-state index contributed by atoms with van der Waals surface area (Å²) in [5.74, 6) is 0.0292. The summed E-state index contributed by atoms with van der Waals surface area (Å²) in [5.41, 5.74) is 0.818. The lowest BCUT2D eigenvalue weighted by Crippen LogP contribution is -2.46. The van der Waals surface area contributed by atoms with Crippen LogP contribution in [0.2, 0.25) is 0 Å². The third-order valence-electron chi connectivity index (χ3n) is 3.53. The van der Waals surface area contributed by atoms with Crippen LogP contribution < -0.4 is 5.32 Å². The molecule has 7 heteroatoms. The lowest BCUT2D eigenvalue weighted by molar-refractivity contribution is -0.121. The maximum absolute atomic E-state index is 12.1. The number of ether oxygens (including phenoxy) is 1. The highest BCUT2D eigenvalue weighted by molar-refractivity contribution is 7.15. The summed E-state index contributed by atoms with van der Waals surface area (Å²) in [6.07, 6.45) is 4.20. The molecule has 2 aromatic heterocycles. The number of nitrogens with one attached hydrogen (secondary N) is 1. The second-order valence-corrected chi connectivity index (χ2v) is 6.26. The van der Waals surface area contributed by atoms with Crippen molar-refractivity contribution in [2.75, 3.05) is 32.8 Å². The molecule has 2 aromatic rings. The first-order valence-corrected chi connectivity index (χ1v) is 8.09. The molecule has 0 unspecified atom stereocenters. The third-order valence-corrected chi connectivity index (χ3v) is 4.30. The standard InChI is InChI=1S/C14H20N4O2S/c1-11(9-17-2-5-20-6-3-17)15-13(19)8-12-10-18-4-7-21-14(18)16-12/h4,7,10-11H,2-3,5-6,8-9H2,1H3,(H,15,19)/t11-/m0/s1. The Morgan fingerprint density at radius 2 is 2.33 bits per heavy atom. The molecule has 1 aliphatic heterocycles. The number of aromatic nitrogens is 2. The van der Waals surface area contributed by atoms with Gasteiger partial charge < -0.3 is 10.1 Å². The Hall–Kier alpha value is -1.44. The van der Waals surface area contributed by atoms with E-state index in [9.17, 15) is 4.79 Å². The number of hydrogen-bond acceptors (Lipinski definition) is 5. The van der Waals surface area contributed by atoms with Crippen LogP contribution in [0.5, 0.6) is 0 Å². The summed E-state index contributed by atoms with van der Waals surface area (Å²) < 4.78 is 7.27. The summed E-state index contributed by atoms with van der Waals surface area (Å²) in [7, 11) is 0. The van der Waals surface area contributed by atoms with E-state index < -0.39 is 0 Å². The number of rotatable bonds is 5. The van der Waals surface area contributed by atoms with E-state index in [-0.39, 0.29) is 11.9 Å². The predicted octanol–water partition coefficient (Wildman–Crippen LogP) is 0.775. The van der Waals surface area contributed by atoms with Crippen LogP contribution in [-0.4, -0.2) is 59.1 Å². The molecular weight excluding hydrogens is 288 g/mol. The van der Waals surface area contributed by atoms with Crippen molar-refractivity contribution < 1.29 is 9.53 Å². The molecular formula is C14H20N4O2S. The molecule has 0 saturated carbocycles. The van der Waals surface area contributed by atoms with Gasteiger partial charge in [-0.2, -0.15) is 0 Å². The van der Waals surface area contributed by atoms with E-state index in [1.54, 1.807) is 11.3 Å². The fourth-order valence-corrected chi connectivity index (χ4v) is 3.29. The van der Waals surface area contributed by atoms with Crippen molar-refractivity contribution in [3.8, 4) is 0 Å². The fraction of sp³-hybridized carbons (Fsp3) is 0.571. The smallest absolute Gasteiger partial charge is 0.226 e. The monoisotopic (exact) mass is 308 g/mol. The van der Waals surface area contributed by atoms with E-state index in [1.165, 1.54) is 0 Å². The topological polar surface area (TPSA) is 58.9 Å². The molecule has 1 atom stereocenters. The number of imidazole rings is 1. The summed E-state index contributed by atoms with van der Waals surface area (Å²) in [5, 5.41) is 5.03. The maximum Gasteiger partial charge on any atom is 0.226 e. The number of hydrogen-bond donors (Lipinski definition) is 1. The highest BCUT2D eigenvalue weighted by Gasteiger charge is 2.16. The van der Waals surface area contributed by atoms with Gasteiger partial charge in [0, 0.05) is 43.4 Å². The zero-order chi connectivity index (χ0) is 14.7. The Labute approximate surface area is 127 Å². The van der Waals surface area contributed by atoms with E-state index in [0.717, 1.165) is 43.5 Å². The molecule has 0 bridgehead atoms. The molecule has 3 heterocycles. The molecule has 0 aromatic carbocycles. The molecule has 1 aliphatic rings. The van der Waals surface area contributed by atoms with Gasteiger partial charge in [-0.3, -0.25) is 14.1 Å². The first-order chi connectivity index (χ1) is 10.2. The Morgan fingerprint density at radius 1 is 1.52 bits per heavy atom. The van der Waals surface area contributed by atoms with Crippen LogP contribution in [0.15, 0.2) is 17.8 Å². The number of carbonyl (C=O) groups is 1. The second-order valence-electron chi connectivity index (χ2n) is 5.38. The third kappa shape index (κ3) is 3.81. The molecule has 0 radical (unpaired) electrons. The minimum Gasteiger partial charge on any atom is -0.379 e. The number of morpholine rings is 1. The largest absolute Gasteiger partial charge is 0.379 e. The van der Waals surface area contributed by atoms with Crippen LogP contribution in [0, 0.1) is 0 Å². The molecule has 0 spiro atoms. The van der Waals surface area contributed by atoms with Gasteiger partial charge >= 0.3 is 0 Å². The van der Waals surface area contributed by atoms with Gasteiger partial charge in [-0.15, -0.1) is 11.3 Å². The average Bonchev–Trinajstić information content (AvgIpc) is 3.00. The van der Waals surface area contributed by atoms with Crippen LogP contribution >= 0.6 is 11.3 Å². The SMILES string of the molecule is C[C@@H](CN1CCOCC1)NC(=O)Cc1cn2ccsc2n1. The first-order valence-electron chi connectivity index (χ1n) is 7.21. The lowest BCUT2D eigenvalue weighted by atomic mass is 10.2. The normalized spacial score (nSPS) is 18.0. The molecule has 114 valence electrons. The van der Waals surface area contributed by atoms with Crippen LogP contribution in [0.4, 0.5) is 0 Å². The summed E-state index contributed by atoms with van der Waals surface area (Å²) in [6.45, 7) is 6.36. The van der Waals surface area contributed by atoms with Crippen molar-refractivity contribution in [3.63, 3.8) is 0 Å². The van der Waals surface area contributed by atoms with Crippen LogP contribution in [-0.2, 0) is 16.0 Å². The fourth-order valence-electron chi connectivity index (χ4n) is 2.57. The number of nitrogens with zero attached hydrogens (tertiary/aromatic N) is 3. The number of carbonyl (C=O) groups excluding carboxylic acids is 1. The summed E-state index contributed by atoms with van der Waals surface area (Å²) >= 11 is 1.57. The highest BCUT2D eigenvalue weighted by Crippen LogP contribution is 2.11. The highest BCUT2D eigenvalue weighted by atomic mass is 32.1. The maximum atomic E-state index is 12.1. The van der Waals surface area contributed by atoms with Crippen LogP contribution in [0.1, 0.15) is 12.6 Å².